The largest absolute Gasteiger partial charge is 0.353 e. The number of carbonyl (C=O) groups is 2. The third-order valence-corrected chi connectivity index (χ3v) is 4.22. The van der Waals surface area contributed by atoms with Gasteiger partial charge in [0.2, 0.25) is 5.91 Å². The van der Waals surface area contributed by atoms with Gasteiger partial charge in [0.1, 0.15) is 11.9 Å². The van der Waals surface area contributed by atoms with Gasteiger partial charge in [0, 0.05) is 19.5 Å². The molecule has 2 aromatic carbocycles. The molecule has 3 rings (SSSR count). The fourth-order valence-electron chi connectivity index (χ4n) is 2.95. The second kappa shape index (κ2) is 6.83. The molecule has 4 nitrogen and oxygen atoms in total. The van der Waals surface area contributed by atoms with Crippen LogP contribution in [0.15, 0.2) is 48.5 Å². The van der Waals surface area contributed by atoms with E-state index in [4.69, 9.17) is 0 Å². The van der Waals surface area contributed by atoms with E-state index in [1.54, 1.807) is 13.0 Å². The molecule has 2 aromatic rings. The Morgan fingerprint density at radius 1 is 1.25 bits per heavy atom. The summed E-state index contributed by atoms with van der Waals surface area (Å²) in [7, 11) is 0. The summed E-state index contributed by atoms with van der Waals surface area (Å²) in [5.74, 6) is -1.20. The summed E-state index contributed by atoms with van der Waals surface area (Å²) in [4.78, 5) is 26.5. The highest BCUT2D eigenvalue weighted by molar-refractivity contribution is 5.98. The predicted molar refractivity (Wildman–Crippen MR) is 89.1 cm³/mol. The van der Waals surface area contributed by atoms with Crippen molar-refractivity contribution in [3.8, 4) is 0 Å². The second-order valence-electron chi connectivity index (χ2n) is 5.98. The molecule has 24 heavy (non-hydrogen) atoms. The monoisotopic (exact) mass is 326 g/mol. The number of amides is 2. The van der Waals surface area contributed by atoms with E-state index in [0.717, 1.165) is 11.1 Å². The molecule has 1 heterocycles. The number of piperazine rings is 1. The van der Waals surface area contributed by atoms with Gasteiger partial charge in [-0.25, -0.2) is 4.39 Å². The summed E-state index contributed by atoms with van der Waals surface area (Å²) in [6.45, 7) is 2.52. The van der Waals surface area contributed by atoms with Crippen molar-refractivity contribution in [3.63, 3.8) is 0 Å². The Bertz CT molecular complexity index is 761. The first-order valence-corrected chi connectivity index (χ1v) is 7.95. The molecule has 0 unspecified atom stereocenters. The Labute approximate surface area is 140 Å². The van der Waals surface area contributed by atoms with Gasteiger partial charge in [0.25, 0.3) is 5.91 Å². The maximum atomic E-state index is 14.2. The van der Waals surface area contributed by atoms with Gasteiger partial charge in [-0.1, -0.05) is 36.4 Å². The number of nitrogens with zero attached hydrogens (tertiary/aromatic N) is 1. The minimum atomic E-state index is -0.630. The first kappa shape index (κ1) is 16.2. The van der Waals surface area contributed by atoms with Gasteiger partial charge < -0.3 is 10.2 Å². The van der Waals surface area contributed by atoms with Crippen LogP contribution in [0.5, 0.6) is 0 Å². The molecule has 5 heteroatoms. The minimum Gasteiger partial charge on any atom is -0.353 e. The molecule has 0 saturated carbocycles. The average Bonchev–Trinajstić information content (AvgIpc) is 2.57. The summed E-state index contributed by atoms with van der Waals surface area (Å²) in [5, 5.41) is 2.79. The van der Waals surface area contributed by atoms with Crippen molar-refractivity contribution in [1.82, 2.24) is 10.2 Å². The highest BCUT2D eigenvalue weighted by Crippen LogP contribution is 2.18. The van der Waals surface area contributed by atoms with Gasteiger partial charge in [-0.3, -0.25) is 9.59 Å². The number of hydrogen-bond donors (Lipinski definition) is 1. The molecule has 124 valence electrons. The molecular weight excluding hydrogens is 307 g/mol. The zero-order chi connectivity index (χ0) is 17.1. The smallest absolute Gasteiger partial charge is 0.257 e. The molecule has 1 atom stereocenters. The molecule has 1 aliphatic heterocycles. The number of carbonyl (C=O) groups excluding carboxylic acids is 2. The van der Waals surface area contributed by atoms with Gasteiger partial charge in [0.15, 0.2) is 0 Å². The molecule has 2 amide bonds. The van der Waals surface area contributed by atoms with Gasteiger partial charge in [0.05, 0.1) is 5.56 Å². The second-order valence-corrected chi connectivity index (χ2v) is 5.98. The van der Waals surface area contributed by atoms with E-state index >= 15 is 0 Å². The summed E-state index contributed by atoms with van der Waals surface area (Å²) in [6, 6.07) is 13.4. The standard InChI is InChI=1S/C19H19FN2O2/c1-13-7-8-15(16(20)11-13)19(24)22-10-9-21-18(23)17(22)12-14-5-3-2-4-6-14/h2-8,11,17H,9-10,12H2,1H3,(H,21,23)/t17-/m1/s1. The van der Waals surface area contributed by atoms with Gasteiger partial charge in [-0.15, -0.1) is 0 Å². The lowest BCUT2D eigenvalue weighted by molar-refractivity contribution is -0.127. The van der Waals surface area contributed by atoms with E-state index in [1.165, 1.54) is 17.0 Å². The maximum absolute atomic E-state index is 14.2. The summed E-state index contributed by atoms with van der Waals surface area (Å²) in [5.41, 5.74) is 1.72. The third-order valence-electron chi connectivity index (χ3n) is 4.22. The third kappa shape index (κ3) is 3.30. The SMILES string of the molecule is Cc1ccc(C(=O)N2CCNC(=O)[C@H]2Cc2ccccc2)c(F)c1. The zero-order valence-electron chi connectivity index (χ0n) is 13.5. The zero-order valence-corrected chi connectivity index (χ0v) is 13.5. The van der Waals surface area contributed by atoms with Crippen LogP contribution in [0.1, 0.15) is 21.5 Å². The fourth-order valence-corrected chi connectivity index (χ4v) is 2.95. The molecular formula is C19H19FN2O2. The van der Waals surface area contributed by atoms with Crippen molar-refractivity contribution in [3.05, 3.63) is 71.0 Å². The molecule has 1 saturated heterocycles. The molecule has 0 aromatic heterocycles. The number of nitrogens with one attached hydrogen (secondary N) is 1. The first-order valence-electron chi connectivity index (χ1n) is 7.95. The van der Waals surface area contributed by atoms with Crippen LogP contribution < -0.4 is 5.32 Å². The Morgan fingerprint density at radius 3 is 2.71 bits per heavy atom. The molecule has 1 fully saturated rings. The first-order chi connectivity index (χ1) is 11.6. The molecule has 0 spiro atoms. The number of benzene rings is 2. The van der Waals surface area contributed by atoms with Crippen LogP contribution in [0.2, 0.25) is 0 Å². The van der Waals surface area contributed by atoms with Gasteiger partial charge in [-0.05, 0) is 30.2 Å². The Hall–Kier alpha value is -2.69. The number of hydrogen-bond acceptors (Lipinski definition) is 2. The lowest BCUT2D eigenvalue weighted by Crippen LogP contribution is -2.58. The van der Waals surface area contributed by atoms with E-state index < -0.39 is 17.8 Å². The van der Waals surface area contributed by atoms with Crippen molar-refractivity contribution in [2.45, 2.75) is 19.4 Å². The number of rotatable bonds is 3. The van der Waals surface area contributed by atoms with Crippen LogP contribution in [0, 0.1) is 12.7 Å². The molecule has 1 N–H and O–H groups in total. The van der Waals surface area contributed by atoms with Crippen LogP contribution in [0.3, 0.4) is 0 Å². The molecule has 0 radical (unpaired) electrons. The lowest BCUT2D eigenvalue weighted by Gasteiger charge is -2.35. The Kier molecular flexibility index (Phi) is 4.60. The quantitative estimate of drug-likeness (QED) is 0.941. The number of halogens is 1. The van der Waals surface area contributed by atoms with Crippen molar-refractivity contribution >= 4 is 11.8 Å². The van der Waals surface area contributed by atoms with Crippen LogP contribution in [0.25, 0.3) is 0 Å². The van der Waals surface area contributed by atoms with Crippen molar-refractivity contribution in [2.75, 3.05) is 13.1 Å². The van der Waals surface area contributed by atoms with Crippen molar-refractivity contribution in [2.24, 2.45) is 0 Å². The topological polar surface area (TPSA) is 49.4 Å². The van der Waals surface area contributed by atoms with E-state index in [-0.39, 0.29) is 11.5 Å². The predicted octanol–water partition coefficient (Wildman–Crippen LogP) is 2.32. The highest BCUT2D eigenvalue weighted by Gasteiger charge is 2.34. The maximum Gasteiger partial charge on any atom is 0.257 e. The van der Waals surface area contributed by atoms with E-state index in [2.05, 4.69) is 5.32 Å². The summed E-state index contributed by atoms with van der Waals surface area (Å²) >= 11 is 0. The molecule has 1 aliphatic rings. The lowest BCUT2D eigenvalue weighted by atomic mass is 10.0. The van der Waals surface area contributed by atoms with Gasteiger partial charge >= 0.3 is 0 Å². The number of aryl methyl sites for hydroxylation is 1. The van der Waals surface area contributed by atoms with Crippen molar-refractivity contribution in [1.29, 1.82) is 0 Å². The van der Waals surface area contributed by atoms with Crippen LogP contribution in [-0.2, 0) is 11.2 Å². The molecule has 0 aliphatic carbocycles. The summed E-state index contributed by atoms with van der Waals surface area (Å²) in [6.07, 6.45) is 0.409. The van der Waals surface area contributed by atoms with Crippen molar-refractivity contribution < 1.29 is 14.0 Å². The highest BCUT2D eigenvalue weighted by atomic mass is 19.1. The fraction of sp³-hybridized carbons (Fsp3) is 0.263. The normalized spacial score (nSPS) is 17.5. The average molecular weight is 326 g/mol. The Morgan fingerprint density at radius 2 is 2.00 bits per heavy atom. The van der Waals surface area contributed by atoms with E-state index in [0.29, 0.717) is 19.5 Å². The van der Waals surface area contributed by atoms with E-state index in [1.807, 2.05) is 30.3 Å². The van der Waals surface area contributed by atoms with Crippen LogP contribution in [0.4, 0.5) is 4.39 Å². The van der Waals surface area contributed by atoms with E-state index in [9.17, 15) is 14.0 Å². The van der Waals surface area contributed by atoms with Gasteiger partial charge in [-0.2, -0.15) is 0 Å². The minimum absolute atomic E-state index is 0.00774. The molecule has 0 bridgehead atoms. The summed E-state index contributed by atoms with van der Waals surface area (Å²) < 4.78 is 14.2. The van der Waals surface area contributed by atoms with Crippen LogP contribution >= 0.6 is 0 Å². The Balaban J connectivity index is 1.88. The van der Waals surface area contributed by atoms with Crippen LogP contribution in [-0.4, -0.2) is 35.8 Å².